The smallest absolute Gasteiger partial charge is 0.369 e. The second kappa shape index (κ2) is 10.5. The van der Waals surface area contributed by atoms with Crippen molar-refractivity contribution in [2.75, 3.05) is 22.9 Å². The quantitative estimate of drug-likeness (QED) is 0.342. The van der Waals surface area contributed by atoms with Gasteiger partial charge in [0.05, 0.1) is 24.3 Å². The van der Waals surface area contributed by atoms with Crippen LogP contribution >= 0.6 is 0 Å². The highest BCUT2D eigenvalue weighted by atomic mass is 19.4. The predicted octanol–water partition coefficient (Wildman–Crippen LogP) is 6.23. The average Bonchev–Trinajstić information content (AvgIpc) is 3.27. The molecule has 208 valence electrons. The van der Waals surface area contributed by atoms with Crippen LogP contribution in [0, 0.1) is 12.7 Å². The maximum atomic E-state index is 14.5. The van der Waals surface area contributed by atoms with Gasteiger partial charge in [0.2, 0.25) is 0 Å². The summed E-state index contributed by atoms with van der Waals surface area (Å²) >= 11 is 0. The summed E-state index contributed by atoms with van der Waals surface area (Å²) in [4.78, 5) is 18.4. The summed E-state index contributed by atoms with van der Waals surface area (Å²) in [6, 6.07) is 9.02. The van der Waals surface area contributed by atoms with Crippen molar-refractivity contribution >= 4 is 17.5 Å². The molecule has 0 atom stereocenters. The molecular formula is C27H27F6N5O. The molecule has 1 aromatic heterocycles. The summed E-state index contributed by atoms with van der Waals surface area (Å²) in [5.41, 5.74) is 0.790. The second-order valence-corrected chi connectivity index (χ2v) is 9.87. The fourth-order valence-corrected chi connectivity index (χ4v) is 5.48. The van der Waals surface area contributed by atoms with Gasteiger partial charge in [0, 0.05) is 30.9 Å². The number of para-hydroxylation sites is 1. The lowest BCUT2D eigenvalue weighted by molar-refractivity contribution is -0.138. The first-order chi connectivity index (χ1) is 18.5. The van der Waals surface area contributed by atoms with E-state index in [9.17, 15) is 31.1 Å². The Hall–Kier alpha value is -3.70. The molecule has 12 heteroatoms. The first kappa shape index (κ1) is 26.9. The molecule has 3 heterocycles. The van der Waals surface area contributed by atoms with Crippen LogP contribution in [0.15, 0.2) is 48.7 Å². The second-order valence-electron chi connectivity index (χ2n) is 9.87. The Morgan fingerprint density at radius 1 is 1.05 bits per heavy atom. The van der Waals surface area contributed by atoms with E-state index in [2.05, 4.69) is 5.10 Å². The SMILES string of the molecule is Cc1cccc(F)c1N1CCC(N2Cc3cn(CC(F)F)nc3N(Cc3ccccc3C(F)(F)F)C2=O)CC1. The summed E-state index contributed by atoms with van der Waals surface area (Å²) in [6.07, 6.45) is -4.89. The average molecular weight is 552 g/mol. The number of alkyl halides is 5. The van der Waals surface area contributed by atoms with Crippen LogP contribution < -0.4 is 9.80 Å². The molecule has 0 spiro atoms. The van der Waals surface area contributed by atoms with Crippen molar-refractivity contribution in [2.45, 2.75) is 58.0 Å². The van der Waals surface area contributed by atoms with Crippen LogP contribution in [-0.4, -0.2) is 46.3 Å². The highest BCUT2D eigenvalue weighted by Gasteiger charge is 2.40. The van der Waals surface area contributed by atoms with Gasteiger partial charge in [0.25, 0.3) is 6.43 Å². The van der Waals surface area contributed by atoms with Crippen LogP contribution in [0.2, 0.25) is 0 Å². The number of halogens is 6. The lowest BCUT2D eigenvalue weighted by Gasteiger charge is -2.43. The van der Waals surface area contributed by atoms with Gasteiger partial charge in [0.15, 0.2) is 5.82 Å². The van der Waals surface area contributed by atoms with Crippen molar-refractivity contribution in [3.8, 4) is 0 Å². The number of hydrogen-bond acceptors (Lipinski definition) is 3. The largest absolute Gasteiger partial charge is 0.416 e. The van der Waals surface area contributed by atoms with E-state index < -0.39 is 37.3 Å². The summed E-state index contributed by atoms with van der Waals surface area (Å²) in [7, 11) is 0. The molecule has 2 aromatic carbocycles. The van der Waals surface area contributed by atoms with Crippen LogP contribution in [-0.2, 0) is 25.8 Å². The highest BCUT2D eigenvalue weighted by Crippen LogP contribution is 2.37. The van der Waals surface area contributed by atoms with Crippen LogP contribution in [0.25, 0.3) is 0 Å². The monoisotopic (exact) mass is 551 g/mol. The number of fused-ring (bicyclic) bond motifs is 1. The molecule has 0 aliphatic carbocycles. The van der Waals surface area contributed by atoms with Gasteiger partial charge in [-0.15, -0.1) is 0 Å². The molecule has 0 radical (unpaired) electrons. The van der Waals surface area contributed by atoms with Crippen molar-refractivity contribution in [1.29, 1.82) is 0 Å². The van der Waals surface area contributed by atoms with Gasteiger partial charge < -0.3 is 9.80 Å². The molecule has 2 amide bonds. The van der Waals surface area contributed by atoms with E-state index in [1.54, 1.807) is 11.0 Å². The Kier molecular flexibility index (Phi) is 7.21. The molecule has 0 unspecified atom stereocenters. The van der Waals surface area contributed by atoms with E-state index in [0.717, 1.165) is 21.2 Å². The number of carbonyl (C=O) groups excluding carboxylic acids is 1. The van der Waals surface area contributed by atoms with E-state index in [4.69, 9.17) is 0 Å². The maximum Gasteiger partial charge on any atom is 0.416 e. The first-order valence-electron chi connectivity index (χ1n) is 12.6. The van der Waals surface area contributed by atoms with Gasteiger partial charge in [-0.25, -0.2) is 18.0 Å². The number of benzene rings is 2. The molecule has 5 rings (SSSR count). The minimum atomic E-state index is -4.63. The fourth-order valence-electron chi connectivity index (χ4n) is 5.48. The number of amides is 2. The third-order valence-electron chi connectivity index (χ3n) is 7.27. The molecule has 2 aliphatic heterocycles. The summed E-state index contributed by atoms with van der Waals surface area (Å²) < 4.78 is 82.8. The Bertz CT molecular complexity index is 1330. The van der Waals surface area contributed by atoms with Crippen molar-refractivity contribution < 1.29 is 31.1 Å². The third-order valence-corrected chi connectivity index (χ3v) is 7.27. The number of piperidine rings is 1. The number of aryl methyl sites for hydroxylation is 1. The lowest BCUT2D eigenvalue weighted by Crippen LogP contribution is -2.54. The maximum absolute atomic E-state index is 14.5. The molecule has 0 saturated carbocycles. The topological polar surface area (TPSA) is 44.6 Å². The van der Waals surface area contributed by atoms with Crippen molar-refractivity contribution in [3.63, 3.8) is 0 Å². The number of anilines is 2. The molecular weight excluding hydrogens is 524 g/mol. The Labute approximate surface area is 221 Å². The van der Waals surface area contributed by atoms with Crippen molar-refractivity contribution in [3.05, 3.63) is 76.7 Å². The highest BCUT2D eigenvalue weighted by molar-refractivity contribution is 5.94. The zero-order chi connectivity index (χ0) is 27.9. The number of carbonyl (C=O) groups is 1. The Balaban J connectivity index is 1.42. The van der Waals surface area contributed by atoms with Gasteiger partial charge in [-0.3, -0.25) is 9.58 Å². The first-order valence-corrected chi connectivity index (χ1v) is 12.6. The van der Waals surface area contributed by atoms with E-state index in [1.165, 1.54) is 30.5 Å². The minimum absolute atomic E-state index is 0.0771. The summed E-state index contributed by atoms with van der Waals surface area (Å²) in [6.45, 7) is 1.76. The molecule has 39 heavy (non-hydrogen) atoms. The normalized spacial score (nSPS) is 16.8. The van der Waals surface area contributed by atoms with Gasteiger partial charge in [0.1, 0.15) is 12.4 Å². The predicted molar refractivity (Wildman–Crippen MR) is 133 cm³/mol. The van der Waals surface area contributed by atoms with Crippen molar-refractivity contribution in [2.24, 2.45) is 0 Å². The van der Waals surface area contributed by atoms with E-state index in [1.807, 2.05) is 17.9 Å². The third kappa shape index (κ3) is 5.41. The molecule has 6 nitrogen and oxygen atoms in total. The summed E-state index contributed by atoms with van der Waals surface area (Å²) in [5, 5.41) is 4.15. The van der Waals surface area contributed by atoms with Crippen LogP contribution in [0.4, 0.5) is 42.6 Å². The lowest BCUT2D eigenvalue weighted by atomic mass is 10.00. The molecule has 3 aromatic rings. The van der Waals surface area contributed by atoms with E-state index in [0.29, 0.717) is 37.2 Å². The van der Waals surface area contributed by atoms with Gasteiger partial charge >= 0.3 is 12.2 Å². The number of rotatable bonds is 6. The molecule has 1 saturated heterocycles. The zero-order valence-electron chi connectivity index (χ0n) is 21.1. The Morgan fingerprint density at radius 2 is 1.77 bits per heavy atom. The number of aromatic nitrogens is 2. The van der Waals surface area contributed by atoms with E-state index >= 15 is 0 Å². The standard InChI is InChI=1S/C27H27F6N5O/c1-17-5-4-8-22(28)24(17)35-11-9-20(10-12-35)37-15-19-13-36(16-23(29)30)34-25(19)38(26(37)39)14-18-6-2-3-7-21(18)27(31,32)33/h2-8,13,20,23H,9-12,14-16H2,1H3. The van der Waals surface area contributed by atoms with E-state index in [-0.39, 0.29) is 29.8 Å². The van der Waals surface area contributed by atoms with Gasteiger partial charge in [-0.05, 0) is 43.0 Å². The molecule has 0 bridgehead atoms. The number of urea groups is 1. The van der Waals surface area contributed by atoms with Crippen molar-refractivity contribution in [1.82, 2.24) is 14.7 Å². The minimum Gasteiger partial charge on any atom is -0.369 e. The van der Waals surface area contributed by atoms with Crippen LogP contribution in [0.3, 0.4) is 0 Å². The molecule has 0 N–H and O–H groups in total. The fraction of sp³-hybridized carbons (Fsp3) is 0.407. The van der Waals surface area contributed by atoms with Gasteiger partial charge in [-0.1, -0.05) is 30.3 Å². The number of hydrogen-bond donors (Lipinski definition) is 0. The van der Waals surface area contributed by atoms with Crippen LogP contribution in [0.1, 0.15) is 35.1 Å². The van der Waals surface area contributed by atoms with Gasteiger partial charge in [-0.2, -0.15) is 18.3 Å². The zero-order valence-corrected chi connectivity index (χ0v) is 21.1. The Morgan fingerprint density at radius 3 is 2.44 bits per heavy atom. The summed E-state index contributed by atoms with van der Waals surface area (Å²) in [5.74, 6) is -0.249. The number of nitrogens with zero attached hydrogens (tertiary/aromatic N) is 5. The van der Waals surface area contributed by atoms with Crippen LogP contribution in [0.5, 0.6) is 0 Å². The molecule has 2 aliphatic rings. The molecule has 1 fully saturated rings.